The Kier molecular flexibility index (Phi) is 3.88. The van der Waals surface area contributed by atoms with Gasteiger partial charge in [0.05, 0.1) is 17.4 Å². The van der Waals surface area contributed by atoms with E-state index in [0.717, 1.165) is 10.7 Å². The molecule has 1 heterocycles. The number of hydrogen-bond acceptors (Lipinski definition) is 3. The van der Waals surface area contributed by atoms with Gasteiger partial charge in [-0.3, -0.25) is 4.79 Å². The van der Waals surface area contributed by atoms with Crippen LogP contribution in [0.5, 0.6) is 0 Å². The Balaban J connectivity index is 2.42. The molecule has 5 nitrogen and oxygen atoms in total. The van der Waals surface area contributed by atoms with E-state index in [1.165, 1.54) is 24.4 Å². The third-order valence-corrected chi connectivity index (χ3v) is 2.93. The summed E-state index contributed by atoms with van der Waals surface area (Å²) >= 11 is 0. The van der Waals surface area contributed by atoms with Crippen LogP contribution in [-0.4, -0.2) is 20.9 Å². The average Bonchev–Trinajstić information content (AvgIpc) is 2.76. The van der Waals surface area contributed by atoms with Crippen molar-refractivity contribution in [3.63, 3.8) is 0 Å². The summed E-state index contributed by atoms with van der Waals surface area (Å²) < 4.78 is 39.9. The number of nitrogens with two attached hydrogens (primary N) is 1. The number of halogens is 3. The summed E-state index contributed by atoms with van der Waals surface area (Å²) in [4.78, 5) is 10.5. The zero-order chi connectivity index (χ0) is 15.6. The van der Waals surface area contributed by atoms with Gasteiger partial charge in [-0.05, 0) is 18.6 Å². The van der Waals surface area contributed by atoms with Gasteiger partial charge in [0.25, 0.3) is 0 Å². The van der Waals surface area contributed by atoms with Gasteiger partial charge < -0.3 is 10.8 Å². The maximum Gasteiger partial charge on any atom is 0.418 e. The van der Waals surface area contributed by atoms with Crippen molar-refractivity contribution >= 4 is 11.8 Å². The third-order valence-electron chi connectivity index (χ3n) is 2.93. The van der Waals surface area contributed by atoms with E-state index in [0.29, 0.717) is 5.56 Å². The van der Waals surface area contributed by atoms with Crippen LogP contribution in [0.15, 0.2) is 30.5 Å². The van der Waals surface area contributed by atoms with Crippen LogP contribution in [-0.2, 0) is 17.4 Å². The lowest BCUT2D eigenvalue weighted by Gasteiger charge is -2.13. The summed E-state index contributed by atoms with van der Waals surface area (Å²) in [5.41, 5.74) is 5.12. The molecule has 0 spiro atoms. The lowest BCUT2D eigenvalue weighted by atomic mass is 10.1. The Morgan fingerprint density at radius 2 is 2.00 bits per heavy atom. The zero-order valence-corrected chi connectivity index (χ0v) is 10.8. The molecule has 0 atom stereocenters. The molecule has 0 aliphatic carbocycles. The lowest BCUT2D eigenvalue weighted by molar-refractivity contribution is -0.138. The van der Waals surface area contributed by atoms with Crippen LogP contribution in [0.25, 0.3) is 5.69 Å². The number of aromatic nitrogens is 2. The number of alkyl halides is 3. The molecule has 0 fully saturated rings. The molecular weight excluding hydrogens is 287 g/mol. The summed E-state index contributed by atoms with van der Waals surface area (Å²) in [7, 11) is 0. The molecule has 3 N–H and O–H groups in total. The number of carbonyl (C=O) groups is 1. The molecular formula is C13H12F3N3O2. The molecule has 0 saturated carbocycles. The van der Waals surface area contributed by atoms with E-state index in [1.807, 2.05) is 0 Å². The molecule has 21 heavy (non-hydrogen) atoms. The molecule has 0 bridgehead atoms. The van der Waals surface area contributed by atoms with Gasteiger partial charge in [0.15, 0.2) is 0 Å². The smallest absolute Gasteiger partial charge is 0.418 e. The maximum atomic E-state index is 13.0. The van der Waals surface area contributed by atoms with Gasteiger partial charge in [-0.25, -0.2) is 4.68 Å². The highest BCUT2D eigenvalue weighted by Gasteiger charge is 2.34. The van der Waals surface area contributed by atoms with Crippen LogP contribution in [0.3, 0.4) is 0 Å². The van der Waals surface area contributed by atoms with Crippen LogP contribution in [0.4, 0.5) is 19.0 Å². The number of aryl methyl sites for hydroxylation is 1. The zero-order valence-electron chi connectivity index (χ0n) is 10.8. The number of nitrogens with zero attached hydrogens (tertiary/aromatic N) is 2. The second-order valence-electron chi connectivity index (χ2n) is 4.38. The first kappa shape index (κ1) is 14.9. The number of benzene rings is 1. The highest BCUT2D eigenvalue weighted by molar-refractivity contribution is 5.67. The van der Waals surface area contributed by atoms with Crippen molar-refractivity contribution < 1.29 is 23.1 Å². The van der Waals surface area contributed by atoms with Crippen molar-refractivity contribution in [2.45, 2.75) is 19.0 Å². The summed E-state index contributed by atoms with van der Waals surface area (Å²) in [6.07, 6.45) is -3.31. The monoisotopic (exact) mass is 299 g/mol. The summed E-state index contributed by atoms with van der Waals surface area (Å²) in [6, 6.07) is 4.92. The average molecular weight is 299 g/mol. The molecule has 0 aliphatic rings. The van der Waals surface area contributed by atoms with Gasteiger partial charge in [-0.2, -0.15) is 18.3 Å². The molecule has 0 amide bonds. The first-order valence-electron chi connectivity index (χ1n) is 6.01. The highest BCUT2D eigenvalue weighted by atomic mass is 19.4. The summed E-state index contributed by atoms with van der Waals surface area (Å²) in [5, 5.41) is 12.5. The standard InChI is InChI=1S/C13H12F3N3O2/c14-13(15,16)9-3-1-2-4-10(9)19-12(17)8(7-18-19)5-6-11(20)21/h1-4,7H,5-6,17H2,(H,20,21). The topological polar surface area (TPSA) is 81.1 Å². The lowest BCUT2D eigenvalue weighted by Crippen LogP contribution is -2.13. The van der Waals surface area contributed by atoms with E-state index in [-0.39, 0.29) is 24.3 Å². The van der Waals surface area contributed by atoms with E-state index >= 15 is 0 Å². The Morgan fingerprint density at radius 1 is 1.33 bits per heavy atom. The van der Waals surface area contributed by atoms with E-state index in [9.17, 15) is 18.0 Å². The first-order valence-corrected chi connectivity index (χ1v) is 6.01. The fourth-order valence-electron chi connectivity index (χ4n) is 1.92. The van der Waals surface area contributed by atoms with Gasteiger partial charge in [-0.15, -0.1) is 0 Å². The number of rotatable bonds is 4. The Bertz CT molecular complexity index is 665. The molecule has 2 aromatic rings. The minimum absolute atomic E-state index is 0.00736. The normalized spacial score (nSPS) is 11.6. The van der Waals surface area contributed by atoms with Crippen LogP contribution < -0.4 is 5.73 Å². The number of aliphatic carboxylic acids is 1. The molecule has 1 aromatic carbocycles. The van der Waals surface area contributed by atoms with Crippen LogP contribution in [0.1, 0.15) is 17.5 Å². The predicted molar refractivity (Wildman–Crippen MR) is 68.9 cm³/mol. The Morgan fingerprint density at radius 3 is 2.62 bits per heavy atom. The van der Waals surface area contributed by atoms with Crippen molar-refractivity contribution in [3.05, 3.63) is 41.6 Å². The van der Waals surface area contributed by atoms with Gasteiger partial charge in [0.1, 0.15) is 5.82 Å². The number of hydrogen-bond donors (Lipinski definition) is 2. The number of anilines is 1. The number of carboxylic acid groups (broad SMARTS) is 1. The van der Waals surface area contributed by atoms with Gasteiger partial charge >= 0.3 is 12.1 Å². The minimum atomic E-state index is -4.53. The number of carboxylic acids is 1. The predicted octanol–water partition coefficient (Wildman–Crippen LogP) is 2.49. The fourth-order valence-corrected chi connectivity index (χ4v) is 1.92. The second-order valence-corrected chi connectivity index (χ2v) is 4.38. The van der Waals surface area contributed by atoms with Crippen molar-refractivity contribution in [3.8, 4) is 5.69 Å². The van der Waals surface area contributed by atoms with E-state index in [1.54, 1.807) is 0 Å². The van der Waals surface area contributed by atoms with Crippen molar-refractivity contribution in [2.24, 2.45) is 0 Å². The minimum Gasteiger partial charge on any atom is -0.481 e. The van der Waals surface area contributed by atoms with E-state index in [4.69, 9.17) is 10.8 Å². The summed E-state index contributed by atoms with van der Waals surface area (Å²) in [5.74, 6) is -1.01. The fraction of sp³-hybridized carbons (Fsp3) is 0.231. The molecule has 2 rings (SSSR count). The van der Waals surface area contributed by atoms with Gasteiger partial charge in [0.2, 0.25) is 0 Å². The number of nitrogen functional groups attached to an aromatic ring is 1. The Hall–Kier alpha value is -2.51. The van der Waals surface area contributed by atoms with E-state index in [2.05, 4.69) is 5.10 Å². The molecule has 8 heteroatoms. The molecule has 0 saturated heterocycles. The van der Waals surface area contributed by atoms with Gasteiger partial charge in [0, 0.05) is 12.0 Å². The van der Waals surface area contributed by atoms with Crippen LogP contribution >= 0.6 is 0 Å². The molecule has 1 aromatic heterocycles. The van der Waals surface area contributed by atoms with E-state index < -0.39 is 17.7 Å². The third kappa shape index (κ3) is 3.15. The Labute approximate surface area is 117 Å². The van der Waals surface area contributed by atoms with Crippen LogP contribution in [0, 0.1) is 0 Å². The molecule has 0 radical (unpaired) electrons. The van der Waals surface area contributed by atoms with Gasteiger partial charge in [-0.1, -0.05) is 12.1 Å². The van der Waals surface area contributed by atoms with Crippen molar-refractivity contribution in [1.82, 2.24) is 9.78 Å². The number of para-hydroxylation sites is 1. The largest absolute Gasteiger partial charge is 0.481 e. The molecule has 0 unspecified atom stereocenters. The second kappa shape index (κ2) is 5.47. The summed E-state index contributed by atoms with van der Waals surface area (Å²) in [6.45, 7) is 0. The highest BCUT2D eigenvalue weighted by Crippen LogP contribution is 2.34. The first-order chi connectivity index (χ1) is 9.80. The van der Waals surface area contributed by atoms with Crippen molar-refractivity contribution in [1.29, 1.82) is 0 Å². The van der Waals surface area contributed by atoms with Crippen LogP contribution in [0.2, 0.25) is 0 Å². The quantitative estimate of drug-likeness (QED) is 0.908. The molecule has 112 valence electrons. The van der Waals surface area contributed by atoms with Crippen molar-refractivity contribution in [2.75, 3.05) is 5.73 Å². The maximum absolute atomic E-state index is 13.0. The SMILES string of the molecule is Nc1c(CCC(=O)O)cnn1-c1ccccc1C(F)(F)F. The molecule has 0 aliphatic heterocycles.